The number of fused-ring (bicyclic) bond motifs is 1. The zero-order valence-electron chi connectivity index (χ0n) is 16.4. The fourth-order valence-electron chi connectivity index (χ4n) is 3.60. The number of benzene rings is 2. The maximum Gasteiger partial charge on any atom is 0.236 e. The molecule has 1 aliphatic heterocycles. The number of nitrogens with zero attached hydrogens (tertiary/aromatic N) is 2. The summed E-state index contributed by atoms with van der Waals surface area (Å²) in [6.07, 6.45) is 1.06. The lowest BCUT2D eigenvalue weighted by atomic mass is 9.90. The summed E-state index contributed by atoms with van der Waals surface area (Å²) in [4.78, 5) is 16.6. The number of carbonyl (C=O) groups excluding carboxylic acids is 1. The van der Waals surface area contributed by atoms with Crippen LogP contribution in [0.1, 0.15) is 18.9 Å². The maximum absolute atomic E-state index is 12.6. The van der Waals surface area contributed by atoms with E-state index < -0.39 is 0 Å². The Labute approximate surface area is 167 Å². The number of methoxy groups -OCH3 is 1. The topological polar surface area (TPSA) is 58.8 Å². The lowest BCUT2D eigenvalue weighted by Crippen LogP contribution is -2.39. The molecule has 5 nitrogen and oxygen atoms in total. The van der Waals surface area contributed by atoms with Gasteiger partial charge in [0.05, 0.1) is 13.7 Å². The van der Waals surface area contributed by atoms with Crippen LogP contribution in [-0.2, 0) is 11.3 Å². The maximum atomic E-state index is 12.6. The molecule has 3 rings (SSSR count). The highest BCUT2D eigenvalue weighted by Gasteiger charge is 2.33. The third-order valence-electron chi connectivity index (χ3n) is 5.45. The van der Waals surface area contributed by atoms with E-state index in [1.165, 1.54) is 0 Å². The van der Waals surface area contributed by atoms with Crippen LogP contribution in [0.15, 0.2) is 36.4 Å². The van der Waals surface area contributed by atoms with Crippen molar-refractivity contribution in [1.29, 1.82) is 0 Å². The number of likely N-dealkylation sites (tertiary alicyclic amines) is 1. The molecular formula is C21H30ClN3O2. The van der Waals surface area contributed by atoms with Crippen molar-refractivity contribution in [2.45, 2.75) is 19.9 Å². The number of amides is 1. The van der Waals surface area contributed by atoms with Gasteiger partial charge in [-0.1, -0.05) is 25.1 Å². The summed E-state index contributed by atoms with van der Waals surface area (Å²) in [6.45, 7) is 5.81. The average Bonchev–Trinajstić information content (AvgIpc) is 3.02. The summed E-state index contributed by atoms with van der Waals surface area (Å²) in [7, 11) is 3.55. The summed E-state index contributed by atoms with van der Waals surface area (Å²) in [6, 6.07) is 12.3. The van der Waals surface area contributed by atoms with Crippen LogP contribution in [0.3, 0.4) is 0 Å². The van der Waals surface area contributed by atoms with E-state index in [1.807, 2.05) is 24.1 Å². The minimum absolute atomic E-state index is 0. The van der Waals surface area contributed by atoms with Gasteiger partial charge in [-0.25, -0.2) is 0 Å². The van der Waals surface area contributed by atoms with Crippen LogP contribution in [0.2, 0.25) is 0 Å². The molecule has 1 heterocycles. The Morgan fingerprint density at radius 2 is 1.96 bits per heavy atom. The lowest BCUT2D eigenvalue weighted by molar-refractivity contribution is -0.131. The summed E-state index contributed by atoms with van der Waals surface area (Å²) in [5.41, 5.74) is 7.14. The Bertz CT molecular complexity index is 798. The molecule has 2 N–H and O–H groups in total. The lowest BCUT2D eigenvalue weighted by Gasteiger charge is -2.24. The van der Waals surface area contributed by atoms with E-state index in [-0.39, 0.29) is 23.7 Å². The minimum atomic E-state index is 0. The molecule has 1 atom stereocenters. The van der Waals surface area contributed by atoms with E-state index >= 15 is 0 Å². The van der Waals surface area contributed by atoms with Crippen molar-refractivity contribution in [3.63, 3.8) is 0 Å². The Kier molecular flexibility index (Phi) is 7.09. The van der Waals surface area contributed by atoms with Crippen LogP contribution in [-0.4, -0.2) is 56.0 Å². The summed E-state index contributed by atoms with van der Waals surface area (Å²) >= 11 is 0. The van der Waals surface area contributed by atoms with Crippen molar-refractivity contribution in [1.82, 2.24) is 9.80 Å². The van der Waals surface area contributed by atoms with Crippen molar-refractivity contribution in [3.8, 4) is 5.75 Å². The van der Waals surface area contributed by atoms with E-state index in [9.17, 15) is 4.79 Å². The molecule has 6 heteroatoms. The predicted octanol–water partition coefficient (Wildman–Crippen LogP) is 2.90. The molecule has 2 aromatic rings. The third-order valence-corrected chi connectivity index (χ3v) is 5.45. The zero-order chi connectivity index (χ0) is 18.7. The zero-order valence-corrected chi connectivity index (χ0v) is 17.2. The van der Waals surface area contributed by atoms with E-state index in [1.54, 1.807) is 7.11 Å². The highest BCUT2D eigenvalue weighted by atomic mass is 35.5. The predicted molar refractivity (Wildman–Crippen MR) is 112 cm³/mol. The Balaban J connectivity index is 0.00000261. The van der Waals surface area contributed by atoms with E-state index in [0.29, 0.717) is 19.6 Å². The highest BCUT2D eigenvalue weighted by molar-refractivity contribution is 5.85. The number of ether oxygens (including phenoxy) is 1. The first-order valence-electron chi connectivity index (χ1n) is 9.15. The number of nitrogens with two attached hydrogens (primary N) is 1. The van der Waals surface area contributed by atoms with Crippen LogP contribution in [0.5, 0.6) is 5.75 Å². The normalized spacial score (nSPS) is 19.7. The number of rotatable bonds is 6. The molecule has 0 bridgehead atoms. The minimum Gasteiger partial charge on any atom is -0.497 e. The molecule has 2 aromatic carbocycles. The van der Waals surface area contributed by atoms with Gasteiger partial charge in [-0.05, 0) is 59.5 Å². The largest absolute Gasteiger partial charge is 0.497 e. The van der Waals surface area contributed by atoms with E-state index in [2.05, 4.69) is 36.1 Å². The second-order valence-electron chi connectivity index (χ2n) is 7.77. The average molecular weight is 392 g/mol. The molecule has 0 saturated carbocycles. The van der Waals surface area contributed by atoms with Crippen molar-refractivity contribution in [2.24, 2.45) is 11.1 Å². The molecule has 148 valence electrons. The fraction of sp³-hybridized carbons (Fsp3) is 0.476. The van der Waals surface area contributed by atoms with Crippen LogP contribution >= 0.6 is 12.4 Å². The molecule has 0 radical (unpaired) electrons. The Morgan fingerprint density at radius 3 is 2.63 bits per heavy atom. The quantitative estimate of drug-likeness (QED) is 0.822. The summed E-state index contributed by atoms with van der Waals surface area (Å²) in [5.74, 6) is 1.01. The van der Waals surface area contributed by atoms with Gasteiger partial charge in [0.15, 0.2) is 0 Å². The first-order chi connectivity index (χ1) is 12.4. The number of hydrogen-bond acceptors (Lipinski definition) is 4. The standard InChI is InChI=1S/C21H29N3O2.ClH/c1-21(14-22)8-9-24(15-21)13-20(25)23(2)12-16-4-5-18-11-19(26-3)7-6-17(18)10-16;/h4-7,10-11H,8-9,12-15,22H2,1-3H3;1H. The molecule has 1 fully saturated rings. The van der Waals surface area contributed by atoms with Crippen molar-refractivity contribution < 1.29 is 9.53 Å². The van der Waals surface area contributed by atoms with Gasteiger partial charge in [-0.15, -0.1) is 12.4 Å². The molecule has 1 amide bonds. The van der Waals surface area contributed by atoms with Crippen molar-refractivity contribution in [2.75, 3.05) is 40.3 Å². The smallest absolute Gasteiger partial charge is 0.236 e. The van der Waals surface area contributed by atoms with Gasteiger partial charge in [0, 0.05) is 20.1 Å². The number of carbonyl (C=O) groups is 1. The Morgan fingerprint density at radius 1 is 1.26 bits per heavy atom. The van der Waals surface area contributed by atoms with Gasteiger partial charge in [0.2, 0.25) is 5.91 Å². The molecular weight excluding hydrogens is 362 g/mol. The van der Waals surface area contributed by atoms with Crippen LogP contribution in [0, 0.1) is 5.41 Å². The Hall–Kier alpha value is -1.82. The van der Waals surface area contributed by atoms with Gasteiger partial charge in [0.25, 0.3) is 0 Å². The second kappa shape index (κ2) is 8.91. The van der Waals surface area contributed by atoms with E-state index in [4.69, 9.17) is 10.5 Å². The molecule has 1 saturated heterocycles. The van der Waals surface area contributed by atoms with Gasteiger partial charge < -0.3 is 15.4 Å². The fourth-order valence-corrected chi connectivity index (χ4v) is 3.60. The van der Waals surface area contributed by atoms with Crippen LogP contribution in [0.25, 0.3) is 10.8 Å². The molecule has 1 unspecified atom stereocenters. The number of likely N-dealkylation sites (N-methyl/N-ethyl adjacent to an activating group) is 1. The van der Waals surface area contributed by atoms with Crippen molar-refractivity contribution >= 4 is 29.1 Å². The number of halogens is 1. The SMILES string of the molecule is COc1ccc2cc(CN(C)C(=O)CN3CCC(C)(CN)C3)ccc2c1.Cl. The summed E-state index contributed by atoms with van der Waals surface area (Å²) < 4.78 is 5.27. The molecule has 0 aromatic heterocycles. The second-order valence-corrected chi connectivity index (χ2v) is 7.77. The molecule has 27 heavy (non-hydrogen) atoms. The molecule has 1 aliphatic rings. The monoisotopic (exact) mass is 391 g/mol. The first-order valence-corrected chi connectivity index (χ1v) is 9.15. The third kappa shape index (κ3) is 5.12. The van der Waals surface area contributed by atoms with Gasteiger partial charge in [0.1, 0.15) is 5.75 Å². The van der Waals surface area contributed by atoms with Gasteiger partial charge in [-0.2, -0.15) is 0 Å². The van der Waals surface area contributed by atoms with Crippen molar-refractivity contribution in [3.05, 3.63) is 42.0 Å². The van der Waals surface area contributed by atoms with Crippen LogP contribution in [0.4, 0.5) is 0 Å². The molecule has 0 spiro atoms. The molecule has 0 aliphatic carbocycles. The van der Waals surface area contributed by atoms with E-state index in [0.717, 1.165) is 41.6 Å². The van der Waals surface area contributed by atoms with Gasteiger partial charge in [-0.3, -0.25) is 9.69 Å². The summed E-state index contributed by atoms with van der Waals surface area (Å²) in [5, 5.41) is 2.29. The first kappa shape index (κ1) is 21.5. The van der Waals surface area contributed by atoms with Crippen LogP contribution < -0.4 is 10.5 Å². The number of hydrogen-bond donors (Lipinski definition) is 1. The highest BCUT2D eigenvalue weighted by Crippen LogP contribution is 2.28. The van der Waals surface area contributed by atoms with Gasteiger partial charge >= 0.3 is 0 Å².